The number of thioether (sulfide) groups is 1. The number of nitrogens with one attached hydrogen (secondary N) is 1. The number of hydrogen-bond acceptors (Lipinski definition) is 3. The summed E-state index contributed by atoms with van der Waals surface area (Å²) in [5.41, 5.74) is 1.16. The Kier molecular flexibility index (Phi) is 3.98. The molecule has 1 heterocycles. The number of aliphatic hydroxyl groups is 1. The lowest BCUT2D eigenvalue weighted by Gasteiger charge is -2.31. The third-order valence-corrected chi connectivity index (χ3v) is 5.45. The molecule has 1 atom stereocenters. The second-order valence-corrected chi connectivity index (χ2v) is 7.21. The summed E-state index contributed by atoms with van der Waals surface area (Å²) in [7, 11) is 0. The van der Waals surface area contributed by atoms with Gasteiger partial charge in [0.2, 0.25) is 0 Å². The molecular weight excluding hydrogens is 294 g/mol. The van der Waals surface area contributed by atoms with Crippen LogP contribution >= 0.6 is 23.4 Å². The standard InChI is InChI=1S/C15H18ClNO2S/c16-11-2-3-12-10(9-11)1-4-13(12)17-14(18)15(19)5-7-20-8-6-15/h2-3,9,13,19H,1,4-8H2,(H,17,18). The van der Waals surface area contributed by atoms with Crippen molar-refractivity contribution < 1.29 is 9.90 Å². The minimum atomic E-state index is -1.18. The van der Waals surface area contributed by atoms with Crippen molar-refractivity contribution in [1.29, 1.82) is 0 Å². The summed E-state index contributed by atoms with van der Waals surface area (Å²) in [5.74, 6) is 1.48. The largest absolute Gasteiger partial charge is 0.380 e. The van der Waals surface area contributed by atoms with Gasteiger partial charge in [-0.3, -0.25) is 4.79 Å². The Bertz CT molecular complexity index is 529. The minimum absolute atomic E-state index is 0.00775. The molecule has 3 rings (SSSR count). The zero-order chi connectivity index (χ0) is 14.2. The molecule has 3 nitrogen and oxygen atoms in total. The van der Waals surface area contributed by atoms with E-state index in [0.717, 1.165) is 34.9 Å². The Hall–Kier alpha value is -0.710. The summed E-state index contributed by atoms with van der Waals surface area (Å²) in [6.07, 6.45) is 2.90. The van der Waals surface area contributed by atoms with Gasteiger partial charge in [-0.2, -0.15) is 11.8 Å². The van der Waals surface area contributed by atoms with E-state index in [0.29, 0.717) is 12.8 Å². The van der Waals surface area contributed by atoms with E-state index in [2.05, 4.69) is 5.32 Å². The number of halogens is 1. The quantitative estimate of drug-likeness (QED) is 0.883. The third kappa shape index (κ3) is 2.69. The van der Waals surface area contributed by atoms with Crippen LogP contribution in [0.5, 0.6) is 0 Å². The molecular formula is C15H18ClNO2S. The summed E-state index contributed by atoms with van der Waals surface area (Å²) >= 11 is 7.78. The number of fused-ring (bicyclic) bond motifs is 1. The molecule has 2 aliphatic rings. The molecule has 0 aromatic heterocycles. The zero-order valence-electron chi connectivity index (χ0n) is 11.2. The summed E-state index contributed by atoms with van der Waals surface area (Å²) < 4.78 is 0. The molecule has 0 radical (unpaired) electrons. The Morgan fingerprint density at radius 3 is 2.90 bits per heavy atom. The highest BCUT2D eigenvalue weighted by molar-refractivity contribution is 7.99. The number of rotatable bonds is 2. The van der Waals surface area contributed by atoms with E-state index < -0.39 is 5.60 Å². The molecule has 1 aromatic carbocycles. The van der Waals surface area contributed by atoms with Crippen molar-refractivity contribution in [3.63, 3.8) is 0 Å². The van der Waals surface area contributed by atoms with E-state index in [1.165, 1.54) is 5.56 Å². The molecule has 20 heavy (non-hydrogen) atoms. The monoisotopic (exact) mass is 311 g/mol. The molecule has 1 fully saturated rings. The van der Waals surface area contributed by atoms with Gasteiger partial charge in [-0.05, 0) is 60.4 Å². The highest BCUT2D eigenvalue weighted by Crippen LogP contribution is 2.34. The molecule has 108 valence electrons. The van der Waals surface area contributed by atoms with Crippen LogP contribution in [0.2, 0.25) is 5.02 Å². The Balaban J connectivity index is 1.72. The molecule has 5 heteroatoms. The second-order valence-electron chi connectivity index (χ2n) is 5.55. The van der Waals surface area contributed by atoms with Crippen LogP contribution in [0.3, 0.4) is 0 Å². The number of amides is 1. The number of aryl methyl sites for hydroxylation is 1. The molecule has 1 saturated heterocycles. The van der Waals surface area contributed by atoms with Crippen LogP contribution in [0.25, 0.3) is 0 Å². The first kappa shape index (κ1) is 14.2. The van der Waals surface area contributed by atoms with Crippen molar-refractivity contribution in [1.82, 2.24) is 5.32 Å². The van der Waals surface area contributed by atoms with Crippen molar-refractivity contribution in [2.45, 2.75) is 37.3 Å². The highest BCUT2D eigenvalue weighted by Gasteiger charge is 2.39. The maximum Gasteiger partial charge on any atom is 0.252 e. The van der Waals surface area contributed by atoms with Crippen molar-refractivity contribution in [3.8, 4) is 0 Å². The molecule has 0 spiro atoms. The fourth-order valence-corrected chi connectivity index (χ4v) is 4.33. The number of carbonyl (C=O) groups excluding carboxylic acids is 1. The topological polar surface area (TPSA) is 49.3 Å². The van der Waals surface area contributed by atoms with Gasteiger partial charge in [0, 0.05) is 5.02 Å². The van der Waals surface area contributed by atoms with Gasteiger partial charge in [-0.15, -0.1) is 0 Å². The normalized spacial score (nSPS) is 24.2. The van der Waals surface area contributed by atoms with Crippen molar-refractivity contribution >= 4 is 29.3 Å². The first-order valence-corrected chi connectivity index (χ1v) is 8.51. The van der Waals surface area contributed by atoms with E-state index in [-0.39, 0.29) is 11.9 Å². The molecule has 1 aliphatic heterocycles. The van der Waals surface area contributed by atoms with Gasteiger partial charge in [0.25, 0.3) is 5.91 Å². The molecule has 1 aliphatic carbocycles. The van der Waals surface area contributed by atoms with Crippen LogP contribution in [0, 0.1) is 0 Å². The summed E-state index contributed by atoms with van der Waals surface area (Å²) in [5, 5.41) is 14.2. The van der Waals surface area contributed by atoms with Gasteiger partial charge in [-0.25, -0.2) is 0 Å². The summed E-state index contributed by atoms with van der Waals surface area (Å²) in [4.78, 5) is 12.4. The second kappa shape index (κ2) is 5.58. The average molecular weight is 312 g/mol. The molecule has 1 amide bonds. The lowest BCUT2D eigenvalue weighted by molar-refractivity contribution is -0.141. The average Bonchev–Trinajstić information content (AvgIpc) is 2.82. The van der Waals surface area contributed by atoms with E-state index in [9.17, 15) is 9.90 Å². The van der Waals surface area contributed by atoms with E-state index in [1.54, 1.807) is 11.8 Å². The van der Waals surface area contributed by atoms with Gasteiger partial charge in [0.15, 0.2) is 0 Å². The smallest absolute Gasteiger partial charge is 0.252 e. The zero-order valence-corrected chi connectivity index (χ0v) is 12.8. The lowest BCUT2D eigenvalue weighted by atomic mass is 9.95. The van der Waals surface area contributed by atoms with Gasteiger partial charge in [-0.1, -0.05) is 17.7 Å². The van der Waals surface area contributed by atoms with Crippen LogP contribution in [-0.2, 0) is 11.2 Å². The Morgan fingerprint density at radius 1 is 1.40 bits per heavy atom. The molecule has 1 aromatic rings. The fourth-order valence-electron chi connectivity index (χ4n) is 2.96. The van der Waals surface area contributed by atoms with Gasteiger partial charge >= 0.3 is 0 Å². The van der Waals surface area contributed by atoms with Gasteiger partial charge in [0.05, 0.1) is 6.04 Å². The maximum absolute atomic E-state index is 12.4. The SMILES string of the molecule is O=C(NC1CCc2cc(Cl)ccc21)C1(O)CCSCC1. The van der Waals surface area contributed by atoms with Crippen molar-refractivity contribution in [3.05, 3.63) is 34.3 Å². The molecule has 2 N–H and O–H groups in total. The summed E-state index contributed by atoms with van der Waals surface area (Å²) in [6.45, 7) is 0. The maximum atomic E-state index is 12.4. The van der Waals surface area contributed by atoms with Crippen molar-refractivity contribution in [2.75, 3.05) is 11.5 Å². The van der Waals surface area contributed by atoms with E-state index in [1.807, 2.05) is 18.2 Å². The molecule has 0 bridgehead atoms. The van der Waals surface area contributed by atoms with E-state index in [4.69, 9.17) is 11.6 Å². The fraction of sp³-hybridized carbons (Fsp3) is 0.533. The van der Waals surface area contributed by atoms with E-state index >= 15 is 0 Å². The van der Waals surface area contributed by atoms with Crippen molar-refractivity contribution in [2.24, 2.45) is 0 Å². The Morgan fingerprint density at radius 2 is 2.15 bits per heavy atom. The Labute approximate surface area is 128 Å². The van der Waals surface area contributed by atoms with Gasteiger partial charge in [0.1, 0.15) is 5.60 Å². The predicted molar refractivity (Wildman–Crippen MR) is 82.2 cm³/mol. The highest BCUT2D eigenvalue weighted by atomic mass is 35.5. The minimum Gasteiger partial charge on any atom is -0.380 e. The van der Waals surface area contributed by atoms with Crippen LogP contribution in [-0.4, -0.2) is 28.1 Å². The van der Waals surface area contributed by atoms with Crippen LogP contribution < -0.4 is 5.32 Å². The number of hydrogen-bond donors (Lipinski definition) is 2. The first-order chi connectivity index (χ1) is 9.58. The predicted octanol–water partition coefficient (Wildman–Crippen LogP) is 2.70. The lowest BCUT2D eigenvalue weighted by Crippen LogP contribution is -2.49. The third-order valence-electron chi connectivity index (χ3n) is 4.23. The van der Waals surface area contributed by atoms with Gasteiger partial charge < -0.3 is 10.4 Å². The first-order valence-electron chi connectivity index (χ1n) is 6.98. The number of benzene rings is 1. The summed E-state index contributed by atoms with van der Waals surface area (Å²) in [6, 6.07) is 5.82. The van der Waals surface area contributed by atoms with Crippen LogP contribution in [0.1, 0.15) is 36.4 Å². The van der Waals surface area contributed by atoms with Crippen LogP contribution in [0.4, 0.5) is 0 Å². The number of carbonyl (C=O) groups is 1. The molecule has 1 unspecified atom stereocenters. The molecule has 0 saturated carbocycles. The van der Waals surface area contributed by atoms with Crippen LogP contribution in [0.15, 0.2) is 18.2 Å².